The van der Waals surface area contributed by atoms with Crippen molar-refractivity contribution in [2.75, 3.05) is 44.3 Å². The van der Waals surface area contributed by atoms with Crippen LogP contribution in [0.15, 0.2) is 35.2 Å². The van der Waals surface area contributed by atoms with Gasteiger partial charge >= 0.3 is 6.03 Å². The number of hydrogen-bond acceptors (Lipinski definition) is 6. The number of sulfonamides is 1. The largest absolute Gasteiger partial charge is 0.504 e. The number of phenols is 1. The van der Waals surface area contributed by atoms with Crippen LogP contribution < -0.4 is 15.4 Å². The molecule has 14 heteroatoms. The summed E-state index contributed by atoms with van der Waals surface area (Å²) < 4.78 is 33.6. The highest BCUT2D eigenvalue weighted by atomic mass is 35.5. The Bertz CT molecular complexity index is 1130. The third-order valence-corrected chi connectivity index (χ3v) is 7.78. The average molecular weight is 574 g/mol. The van der Waals surface area contributed by atoms with Gasteiger partial charge in [-0.15, -0.1) is 12.4 Å². The Kier molecular flexibility index (Phi) is 10.5. The zero-order valence-corrected chi connectivity index (χ0v) is 21.7. The first kappa shape index (κ1) is 28.7. The van der Waals surface area contributed by atoms with Gasteiger partial charge in [-0.2, -0.15) is 0 Å². The minimum Gasteiger partial charge on any atom is -0.504 e. The van der Waals surface area contributed by atoms with Crippen molar-refractivity contribution in [3.63, 3.8) is 0 Å². The van der Waals surface area contributed by atoms with Crippen LogP contribution in [0.2, 0.25) is 15.1 Å². The normalized spacial score (nSPS) is 14.4. The number of halogens is 4. The van der Waals surface area contributed by atoms with Crippen molar-refractivity contribution in [1.82, 2.24) is 9.62 Å². The third-order valence-electron chi connectivity index (χ3n) is 5.01. The lowest BCUT2D eigenvalue weighted by molar-refractivity contribution is 0.0376. The lowest BCUT2D eigenvalue weighted by Gasteiger charge is -2.26. The van der Waals surface area contributed by atoms with Crippen LogP contribution in [0.3, 0.4) is 0 Å². The molecule has 2 aromatic rings. The van der Waals surface area contributed by atoms with Crippen molar-refractivity contribution >= 4 is 74.6 Å². The molecule has 0 unspecified atom stereocenters. The van der Waals surface area contributed by atoms with E-state index in [2.05, 4.69) is 9.62 Å². The van der Waals surface area contributed by atoms with Gasteiger partial charge in [0.1, 0.15) is 4.90 Å². The van der Waals surface area contributed by atoms with Crippen LogP contribution >= 0.6 is 47.2 Å². The van der Waals surface area contributed by atoms with E-state index in [4.69, 9.17) is 45.3 Å². The molecule has 3 rings (SSSR count). The number of nitrogens with zero attached hydrogens (tertiary/aromatic N) is 2. The molecule has 0 saturated carbocycles. The van der Waals surface area contributed by atoms with Crippen LogP contribution in [0, 0.1) is 0 Å². The number of carbonyl (C=O) groups is 1. The SMILES string of the molecule is Cl.NC(=O)N(c1ccc(Cl)c(S(=O)(=O)NCCCN2CCOCC2)c1O)c1cccc(Cl)c1Cl. The van der Waals surface area contributed by atoms with Gasteiger partial charge in [0, 0.05) is 19.6 Å². The monoisotopic (exact) mass is 572 g/mol. The second-order valence-corrected chi connectivity index (χ2v) is 10.1. The van der Waals surface area contributed by atoms with E-state index in [1.54, 1.807) is 0 Å². The van der Waals surface area contributed by atoms with Gasteiger partial charge in [-0.3, -0.25) is 9.80 Å². The van der Waals surface area contributed by atoms with Crippen molar-refractivity contribution in [3.05, 3.63) is 45.4 Å². The highest BCUT2D eigenvalue weighted by molar-refractivity contribution is 7.89. The van der Waals surface area contributed by atoms with Crippen LogP contribution in [-0.2, 0) is 14.8 Å². The number of nitrogens with two attached hydrogens (primary N) is 1. The van der Waals surface area contributed by atoms with Crippen LogP contribution in [0.5, 0.6) is 5.75 Å². The Morgan fingerprint density at radius 3 is 2.44 bits per heavy atom. The second kappa shape index (κ2) is 12.5. The molecule has 1 saturated heterocycles. The van der Waals surface area contributed by atoms with E-state index in [-0.39, 0.29) is 45.4 Å². The maximum Gasteiger partial charge on any atom is 0.324 e. The molecule has 1 aliphatic rings. The summed E-state index contributed by atoms with van der Waals surface area (Å²) in [6.07, 6.45) is 0.544. The summed E-state index contributed by atoms with van der Waals surface area (Å²) in [5.74, 6) is -0.752. The summed E-state index contributed by atoms with van der Waals surface area (Å²) in [5, 5.41) is 10.8. The van der Waals surface area contributed by atoms with Crippen molar-refractivity contribution < 1.29 is 23.1 Å². The quantitative estimate of drug-likeness (QED) is 0.410. The fraction of sp³-hybridized carbons (Fsp3) is 0.350. The number of primary amides is 1. The number of nitrogens with one attached hydrogen (secondary N) is 1. The zero-order chi connectivity index (χ0) is 24.2. The summed E-state index contributed by atoms with van der Waals surface area (Å²) >= 11 is 18.4. The summed E-state index contributed by atoms with van der Waals surface area (Å²) in [5.41, 5.74) is 5.37. The number of urea groups is 1. The number of benzene rings is 2. The summed E-state index contributed by atoms with van der Waals surface area (Å²) in [4.78, 5) is 14.7. The second-order valence-electron chi connectivity index (χ2n) is 7.20. The number of anilines is 2. The van der Waals surface area contributed by atoms with Crippen molar-refractivity contribution in [1.29, 1.82) is 0 Å². The summed E-state index contributed by atoms with van der Waals surface area (Å²) in [7, 11) is -4.22. The van der Waals surface area contributed by atoms with Gasteiger partial charge in [-0.1, -0.05) is 40.9 Å². The van der Waals surface area contributed by atoms with Gasteiger partial charge in [-0.05, 0) is 37.2 Å². The minimum atomic E-state index is -4.22. The van der Waals surface area contributed by atoms with E-state index in [0.29, 0.717) is 26.2 Å². The van der Waals surface area contributed by atoms with Crippen molar-refractivity contribution in [2.24, 2.45) is 5.73 Å². The number of hydrogen-bond donors (Lipinski definition) is 3. The smallest absolute Gasteiger partial charge is 0.324 e. The molecular formula is C20H24Cl4N4O5S. The minimum absolute atomic E-state index is 0. The number of phenolic OH excluding ortho intramolecular Hbond substituents is 1. The molecule has 9 nitrogen and oxygen atoms in total. The van der Waals surface area contributed by atoms with E-state index < -0.39 is 26.7 Å². The van der Waals surface area contributed by atoms with Gasteiger partial charge in [0.25, 0.3) is 0 Å². The number of amides is 2. The highest BCUT2D eigenvalue weighted by Crippen LogP contribution is 2.44. The van der Waals surface area contributed by atoms with E-state index in [9.17, 15) is 18.3 Å². The first-order valence-electron chi connectivity index (χ1n) is 9.98. The molecule has 1 aliphatic heterocycles. The first-order valence-corrected chi connectivity index (χ1v) is 12.6. The van der Waals surface area contributed by atoms with Crippen LogP contribution in [0.4, 0.5) is 16.2 Å². The Hall–Kier alpha value is -1.50. The number of morpholine rings is 1. The molecule has 1 heterocycles. The van der Waals surface area contributed by atoms with Gasteiger partial charge in [0.05, 0.1) is 39.7 Å². The van der Waals surface area contributed by atoms with E-state index in [1.807, 2.05) is 0 Å². The molecule has 0 aliphatic carbocycles. The Morgan fingerprint density at radius 2 is 1.79 bits per heavy atom. The molecule has 0 radical (unpaired) electrons. The third kappa shape index (κ3) is 6.58. The average Bonchev–Trinajstić information content (AvgIpc) is 2.76. The van der Waals surface area contributed by atoms with Crippen molar-refractivity contribution in [2.45, 2.75) is 11.3 Å². The van der Waals surface area contributed by atoms with Gasteiger partial charge in [0.15, 0.2) is 5.75 Å². The molecule has 4 N–H and O–H groups in total. The highest BCUT2D eigenvalue weighted by Gasteiger charge is 2.29. The molecule has 0 spiro atoms. The molecule has 0 atom stereocenters. The number of rotatable bonds is 8. The zero-order valence-electron chi connectivity index (χ0n) is 17.8. The Labute approximate surface area is 219 Å². The first-order chi connectivity index (χ1) is 15.6. The lowest BCUT2D eigenvalue weighted by atomic mass is 10.2. The standard InChI is InChI=1S/C20H23Cl3N4O5S.ClH/c21-13-3-1-4-15(17(13)23)27(20(24)29)16-6-5-14(22)19(18(16)28)33(30,31)25-7-2-8-26-9-11-32-12-10-26;/h1,3-6,25,28H,2,7-12H2,(H2,24,29);1H. The summed E-state index contributed by atoms with van der Waals surface area (Å²) in [6.45, 7) is 3.69. The Morgan fingerprint density at radius 1 is 1.12 bits per heavy atom. The maximum absolute atomic E-state index is 13.0. The Balaban J connectivity index is 0.00000408. The maximum atomic E-state index is 13.0. The van der Waals surface area contributed by atoms with E-state index in [1.165, 1.54) is 30.3 Å². The van der Waals surface area contributed by atoms with E-state index >= 15 is 0 Å². The molecule has 0 bridgehead atoms. The van der Waals surface area contributed by atoms with Gasteiger partial charge < -0.3 is 15.6 Å². The predicted molar refractivity (Wildman–Crippen MR) is 136 cm³/mol. The molecule has 1 fully saturated rings. The number of carbonyl (C=O) groups excluding carboxylic acids is 1. The van der Waals surface area contributed by atoms with Crippen LogP contribution in [0.1, 0.15) is 6.42 Å². The van der Waals surface area contributed by atoms with Gasteiger partial charge in [0.2, 0.25) is 10.0 Å². The molecule has 2 aromatic carbocycles. The number of ether oxygens (including phenoxy) is 1. The van der Waals surface area contributed by atoms with E-state index in [0.717, 1.165) is 18.0 Å². The van der Waals surface area contributed by atoms with Crippen molar-refractivity contribution in [3.8, 4) is 5.75 Å². The molecule has 0 aromatic heterocycles. The fourth-order valence-electron chi connectivity index (χ4n) is 3.41. The lowest BCUT2D eigenvalue weighted by Crippen LogP contribution is -2.38. The van der Waals surface area contributed by atoms with Gasteiger partial charge in [-0.25, -0.2) is 17.9 Å². The molecule has 188 valence electrons. The van der Waals surface area contributed by atoms with Crippen LogP contribution in [-0.4, -0.2) is 63.8 Å². The molecule has 2 amide bonds. The van der Waals surface area contributed by atoms with Crippen LogP contribution in [0.25, 0.3) is 0 Å². The fourth-order valence-corrected chi connectivity index (χ4v) is 5.49. The number of aromatic hydroxyl groups is 1. The summed E-state index contributed by atoms with van der Waals surface area (Å²) in [6, 6.07) is 5.97. The predicted octanol–water partition coefficient (Wildman–Crippen LogP) is 3.99. The molecular weight excluding hydrogens is 550 g/mol. The molecule has 34 heavy (non-hydrogen) atoms. The topological polar surface area (TPSA) is 125 Å².